The lowest BCUT2D eigenvalue weighted by Gasteiger charge is -2.34. The fourth-order valence-corrected chi connectivity index (χ4v) is 5.49. The Hall–Kier alpha value is -3.08. The highest BCUT2D eigenvalue weighted by atomic mass is 79.9. The summed E-state index contributed by atoms with van der Waals surface area (Å²) in [4.78, 5) is 29.3. The van der Waals surface area contributed by atoms with Crippen LogP contribution in [0.25, 0.3) is 0 Å². The Bertz CT molecular complexity index is 1440. The maximum atomic E-state index is 14.2. The minimum atomic E-state index is -3.96. The lowest BCUT2D eigenvalue weighted by molar-refractivity contribution is -0.140. The summed E-state index contributed by atoms with van der Waals surface area (Å²) in [7, 11) is -2.55. The number of carbonyl (C=O) groups excluding carboxylic acids is 2. The zero-order chi connectivity index (χ0) is 30.2. The minimum absolute atomic E-state index is 0.0863. The second-order valence-electron chi connectivity index (χ2n) is 10.1. The molecule has 0 aliphatic heterocycles. The molecular formula is C30H35BrClN3O5S. The zero-order valence-corrected chi connectivity index (χ0v) is 26.7. The van der Waals surface area contributed by atoms with Crippen LogP contribution in [-0.4, -0.2) is 57.6 Å². The number of halogens is 2. The minimum Gasteiger partial charge on any atom is -0.495 e. The van der Waals surface area contributed by atoms with E-state index in [0.29, 0.717) is 6.54 Å². The number of nitrogens with zero attached hydrogens (tertiary/aromatic N) is 2. The van der Waals surface area contributed by atoms with Crippen molar-refractivity contribution in [2.75, 3.05) is 30.8 Å². The summed E-state index contributed by atoms with van der Waals surface area (Å²) in [5.41, 5.74) is 1.77. The first-order valence-corrected chi connectivity index (χ1v) is 16.1. The Morgan fingerprint density at radius 1 is 1.00 bits per heavy atom. The van der Waals surface area contributed by atoms with Crippen molar-refractivity contribution in [3.05, 3.63) is 93.4 Å². The number of carbonyl (C=O) groups is 2. The summed E-state index contributed by atoms with van der Waals surface area (Å²) in [6.07, 6.45) is 1.25. The second-order valence-corrected chi connectivity index (χ2v) is 13.3. The molecule has 1 unspecified atom stereocenters. The fraction of sp³-hybridized carbons (Fsp3) is 0.333. The number of rotatable bonds is 13. The van der Waals surface area contributed by atoms with Crippen LogP contribution in [0.4, 0.5) is 5.69 Å². The Labute approximate surface area is 255 Å². The second kappa shape index (κ2) is 14.7. The van der Waals surface area contributed by atoms with Crippen molar-refractivity contribution in [1.29, 1.82) is 0 Å². The van der Waals surface area contributed by atoms with E-state index < -0.39 is 28.5 Å². The molecule has 1 N–H and O–H groups in total. The maximum absolute atomic E-state index is 14.2. The fourth-order valence-electron chi connectivity index (χ4n) is 4.22. The van der Waals surface area contributed by atoms with Gasteiger partial charge in [0.2, 0.25) is 21.8 Å². The lowest BCUT2D eigenvalue weighted by atomic mass is 10.0. The van der Waals surface area contributed by atoms with Gasteiger partial charge < -0.3 is 15.0 Å². The highest BCUT2D eigenvalue weighted by molar-refractivity contribution is 9.10. The third-order valence-electron chi connectivity index (χ3n) is 6.31. The number of benzene rings is 3. The van der Waals surface area contributed by atoms with Gasteiger partial charge in [0, 0.05) is 29.0 Å². The number of nitrogens with one attached hydrogen (secondary N) is 1. The zero-order valence-electron chi connectivity index (χ0n) is 23.5. The molecule has 0 saturated heterocycles. The molecular weight excluding hydrogens is 630 g/mol. The van der Waals surface area contributed by atoms with Gasteiger partial charge in [0.05, 0.1) is 19.1 Å². The Morgan fingerprint density at radius 2 is 1.66 bits per heavy atom. The summed E-state index contributed by atoms with van der Waals surface area (Å²) in [6, 6.07) is 20.4. The molecule has 220 valence electrons. The number of ether oxygens (including phenoxy) is 1. The molecule has 0 heterocycles. The van der Waals surface area contributed by atoms with E-state index >= 15 is 0 Å². The molecule has 11 heteroatoms. The summed E-state index contributed by atoms with van der Waals surface area (Å²) >= 11 is 9.63. The molecule has 2 amide bonds. The largest absolute Gasteiger partial charge is 0.495 e. The van der Waals surface area contributed by atoms with Gasteiger partial charge in [0.25, 0.3) is 0 Å². The van der Waals surface area contributed by atoms with E-state index in [2.05, 4.69) is 21.2 Å². The van der Waals surface area contributed by atoms with Crippen LogP contribution in [0, 0.1) is 5.92 Å². The molecule has 3 rings (SSSR count). The third-order valence-corrected chi connectivity index (χ3v) is 8.20. The average molecular weight is 665 g/mol. The topological polar surface area (TPSA) is 96.0 Å². The van der Waals surface area contributed by atoms with Gasteiger partial charge in [-0.3, -0.25) is 13.9 Å². The van der Waals surface area contributed by atoms with Gasteiger partial charge in [-0.25, -0.2) is 8.42 Å². The molecule has 0 spiro atoms. The van der Waals surface area contributed by atoms with Crippen LogP contribution in [0.15, 0.2) is 77.3 Å². The predicted octanol–water partition coefficient (Wildman–Crippen LogP) is 5.29. The Morgan fingerprint density at radius 3 is 2.24 bits per heavy atom. The molecule has 0 radical (unpaired) electrons. The van der Waals surface area contributed by atoms with Crippen LogP contribution in [0.5, 0.6) is 5.75 Å². The van der Waals surface area contributed by atoms with Crippen molar-refractivity contribution in [2.45, 2.75) is 32.9 Å². The SMILES string of the molecule is COc1ccc(Cl)cc1N(CC(=O)N(Cc1ccc(Br)cc1)C(Cc1ccccc1)C(=O)NCC(C)C)S(C)(=O)=O. The molecule has 0 aliphatic carbocycles. The number of hydrogen-bond donors (Lipinski definition) is 1. The molecule has 1 atom stereocenters. The van der Waals surface area contributed by atoms with Gasteiger partial charge in [-0.05, 0) is 47.4 Å². The van der Waals surface area contributed by atoms with Crippen LogP contribution in [0.3, 0.4) is 0 Å². The van der Waals surface area contributed by atoms with Gasteiger partial charge in [-0.1, -0.05) is 83.8 Å². The molecule has 0 aliphatic rings. The Balaban J connectivity index is 2.08. The quantitative estimate of drug-likeness (QED) is 0.268. The molecule has 0 fully saturated rings. The van der Waals surface area contributed by atoms with E-state index in [1.54, 1.807) is 6.07 Å². The van der Waals surface area contributed by atoms with Crippen LogP contribution in [-0.2, 0) is 32.6 Å². The van der Waals surface area contributed by atoms with Gasteiger partial charge in [0.1, 0.15) is 18.3 Å². The number of hydrogen-bond acceptors (Lipinski definition) is 5. The normalized spacial score (nSPS) is 12.1. The number of sulfonamides is 1. The van der Waals surface area contributed by atoms with E-state index in [9.17, 15) is 18.0 Å². The summed E-state index contributed by atoms with van der Waals surface area (Å²) in [5, 5.41) is 3.25. The van der Waals surface area contributed by atoms with Crippen LogP contribution in [0.1, 0.15) is 25.0 Å². The third kappa shape index (κ3) is 9.48. The molecule has 0 aromatic heterocycles. The van der Waals surface area contributed by atoms with E-state index in [1.807, 2.05) is 68.4 Å². The van der Waals surface area contributed by atoms with E-state index in [-0.39, 0.29) is 41.3 Å². The van der Waals surface area contributed by atoms with Gasteiger partial charge in [-0.2, -0.15) is 0 Å². The molecule has 3 aromatic rings. The molecule has 3 aromatic carbocycles. The molecule has 8 nitrogen and oxygen atoms in total. The number of amides is 2. The number of anilines is 1. The van der Waals surface area contributed by atoms with Crippen molar-refractivity contribution in [2.24, 2.45) is 5.92 Å². The van der Waals surface area contributed by atoms with Crippen molar-refractivity contribution < 1.29 is 22.7 Å². The molecule has 41 heavy (non-hydrogen) atoms. The summed E-state index contributed by atoms with van der Waals surface area (Å²) in [5.74, 6) is -0.439. The standard InChI is InChI=1S/C30H35BrClN3O5S/c1-21(2)18-33-30(37)27(16-22-8-6-5-7-9-22)34(19-23-10-12-24(31)13-11-23)29(36)20-35(41(4,38)39)26-17-25(32)14-15-28(26)40-3/h5-15,17,21,27H,16,18-20H2,1-4H3,(H,33,37). The lowest BCUT2D eigenvalue weighted by Crippen LogP contribution is -2.53. The average Bonchev–Trinajstić information content (AvgIpc) is 2.93. The monoisotopic (exact) mass is 663 g/mol. The highest BCUT2D eigenvalue weighted by Crippen LogP contribution is 2.33. The van der Waals surface area contributed by atoms with E-state index in [0.717, 1.165) is 26.2 Å². The van der Waals surface area contributed by atoms with E-state index in [4.69, 9.17) is 16.3 Å². The van der Waals surface area contributed by atoms with Crippen LogP contribution in [0.2, 0.25) is 5.02 Å². The van der Waals surface area contributed by atoms with Crippen LogP contribution < -0.4 is 14.4 Å². The smallest absolute Gasteiger partial charge is 0.244 e. The van der Waals surface area contributed by atoms with Gasteiger partial charge in [-0.15, -0.1) is 0 Å². The predicted molar refractivity (Wildman–Crippen MR) is 167 cm³/mol. The van der Waals surface area contributed by atoms with Crippen molar-refractivity contribution in [1.82, 2.24) is 10.2 Å². The first-order valence-electron chi connectivity index (χ1n) is 13.1. The molecule has 0 saturated carbocycles. The van der Waals surface area contributed by atoms with Gasteiger partial charge >= 0.3 is 0 Å². The van der Waals surface area contributed by atoms with Crippen molar-refractivity contribution in [3.63, 3.8) is 0 Å². The maximum Gasteiger partial charge on any atom is 0.244 e. The number of methoxy groups -OCH3 is 1. The Kier molecular flexibility index (Phi) is 11.6. The first kappa shape index (κ1) is 32.4. The highest BCUT2D eigenvalue weighted by Gasteiger charge is 2.33. The first-order chi connectivity index (χ1) is 19.4. The van der Waals surface area contributed by atoms with Gasteiger partial charge in [0.15, 0.2) is 0 Å². The molecule has 0 bridgehead atoms. The summed E-state index contributed by atoms with van der Waals surface area (Å²) < 4.78 is 33.2. The van der Waals surface area contributed by atoms with Crippen molar-refractivity contribution >= 4 is 55.1 Å². The van der Waals surface area contributed by atoms with Crippen molar-refractivity contribution in [3.8, 4) is 5.75 Å². The van der Waals surface area contributed by atoms with Crippen LogP contribution >= 0.6 is 27.5 Å². The van der Waals surface area contributed by atoms with E-state index in [1.165, 1.54) is 24.1 Å². The summed E-state index contributed by atoms with van der Waals surface area (Å²) in [6.45, 7) is 3.93.